The van der Waals surface area contributed by atoms with Crippen LogP contribution in [0.15, 0.2) is 0 Å². The average Bonchev–Trinajstić information content (AvgIpc) is 3.09. The lowest BCUT2D eigenvalue weighted by Gasteiger charge is -2.61. The van der Waals surface area contributed by atoms with E-state index in [-0.39, 0.29) is 35.7 Å². The quantitative estimate of drug-likeness (QED) is 0.587. The van der Waals surface area contributed by atoms with Crippen LogP contribution in [0.2, 0.25) is 0 Å². The van der Waals surface area contributed by atoms with Crippen molar-refractivity contribution in [2.24, 2.45) is 46.2 Å². The zero-order chi connectivity index (χ0) is 23.3. The highest BCUT2D eigenvalue weighted by molar-refractivity contribution is 5.79. The molecule has 3 N–H and O–H groups in total. The number of hydrogen-bond acceptors (Lipinski definition) is 5. The second-order valence-electron chi connectivity index (χ2n) is 11.8. The molecular weight excluding hydrogens is 406 g/mol. The molecule has 32 heavy (non-hydrogen) atoms. The Labute approximate surface area is 192 Å². The van der Waals surface area contributed by atoms with Gasteiger partial charge in [-0.05, 0) is 106 Å². The molecule has 4 rings (SSSR count). The minimum atomic E-state index is -0.945. The number of esters is 1. The van der Waals surface area contributed by atoms with Gasteiger partial charge in [-0.15, -0.1) is 0 Å². The van der Waals surface area contributed by atoms with Crippen LogP contribution in [-0.4, -0.2) is 35.0 Å². The Bertz CT molecular complexity index is 767. The summed E-state index contributed by atoms with van der Waals surface area (Å²) in [6, 6.07) is -0.859. The maximum atomic E-state index is 12.4. The molecule has 0 heterocycles. The van der Waals surface area contributed by atoms with Gasteiger partial charge in [0.1, 0.15) is 17.9 Å². The third kappa shape index (κ3) is 4.01. The predicted molar refractivity (Wildman–Crippen MR) is 121 cm³/mol. The second kappa shape index (κ2) is 8.73. The standard InChI is InChI=1S/C26H41NO5/c1-15(28)19-6-7-20-18-5-4-16-14-17(32-24(31)22(27)8-9-23(29)30)10-12-25(16,2)21(18)11-13-26(19,20)3/h16-22H,4-14,27H2,1-3H3,(H,29,30)/t16-,17-,18?,19?,20?,21?,22-,25+,26-/m1/s1. The van der Waals surface area contributed by atoms with Gasteiger partial charge < -0.3 is 15.6 Å². The number of aliphatic carboxylic acids is 1. The summed E-state index contributed by atoms with van der Waals surface area (Å²) < 4.78 is 5.75. The second-order valence-corrected chi connectivity index (χ2v) is 11.8. The molecule has 0 radical (unpaired) electrons. The number of ketones is 1. The molecule has 6 heteroatoms. The third-order valence-corrected chi connectivity index (χ3v) is 10.4. The van der Waals surface area contributed by atoms with E-state index in [1.54, 1.807) is 6.92 Å². The topological polar surface area (TPSA) is 107 Å². The van der Waals surface area contributed by atoms with Crippen molar-refractivity contribution in [3.63, 3.8) is 0 Å². The molecule has 4 saturated carbocycles. The molecular formula is C26H41NO5. The number of carboxylic acid groups (broad SMARTS) is 1. The Morgan fingerprint density at radius 1 is 1.00 bits per heavy atom. The normalized spacial score (nSPS) is 44.0. The molecule has 0 aromatic heterocycles. The first-order chi connectivity index (χ1) is 15.1. The smallest absolute Gasteiger partial charge is 0.323 e. The highest BCUT2D eigenvalue weighted by Crippen LogP contribution is 2.67. The third-order valence-electron chi connectivity index (χ3n) is 10.4. The van der Waals surface area contributed by atoms with Crippen LogP contribution in [0.5, 0.6) is 0 Å². The maximum absolute atomic E-state index is 12.4. The summed E-state index contributed by atoms with van der Waals surface area (Å²) in [5.74, 6) is 1.90. The van der Waals surface area contributed by atoms with E-state index in [1.165, 1.54) is 32.1 Å². The van der Waals surface area contributed by atoms with Gasteiger partial charge in [0.05, 0.1) is 0 Å². The van der Waals surface area contributed by atoms with Gasteiger partial charge in [-0.1, -0.05) is 13.8 Å². The molecule has 0 amide bonds. The van der Waals surface area contributed by atoms with Gasteiger partial charge in [0.25, 0.3) is 0 Å². The molecule has 6 nitrogen and oxygen atoms in total. The summed E-state index contributed by atoms with van der Waals surface area (Å²) in [6.45, 7) is 6.66. The van der Waals surface area contributed by atoms with Crippen LogP contribution in [0, 0.1) is 40.4 Å². The van der Waals surface area contributed by atoms with Crippen molar-refractivity contribution in [2.75, 3.05) is 0 Å². The molecule has 4 aliphatic carbocycles. The lowest BCUT2D eigenvalue weighted by Crippen LogP contribution is -2.54. The van der Waals surface area contributed by atoms with Gasteiger partial charge in [0, 0.05) is 12.3 Å². The molecule has 0 aliphatic heterocycles. The number of hydrogen-bond donors (Lipinski definition) is 2. The Morgan fingerprint density at radius 3 is 2.38 bits per heavy atom. The first-order valence-electron chi connectivity index (χ1n) is 12.7. The molecule has 180 valence electrons. The van der Waals surface area contributed by atoms with Gasteiger partial charge in [-0.2, -0.15) is 0 Å². The van der Waals surface area contributed by atoms with Crippen LogP contribution in [0.1, 0.15) is 91.4 Å². The highest BCUT2D eigenvalue weighted by atomic mass is 16.5. The number of carboxylic acids is 1. The van der Waals surface area contributed by atoms with Crippen molar-refractivity contribution in [3.8, 4) is 0 Å². The number of nitrogens with two attached hydrogens (primary N) is 1. The fourth-order valence-corrected chi connectivity index (χ4v) is 8.64. The summed E-state index contributed by atoms with van der Waals surface area (Å²) in [6.07, 6.45) is 9.81. The lowest BCUT2D eigenvalue weighted by atomic mass is 9.44. The molecule has 0 aromatic carbocycles. The molecule has 4 aliphatic rings. The van der Waals surface area contributed by atoms with E-state index in [0.29, 0.717) is 23.5 Å². The Balaban J connectivity index is 1.39. The largest absolute Gasteiger partial charge is 0.481 e. The maximum Gasteiger partial charge on any atom is 0.323 e. The van der Waals surface area contributed by atoms with Gasteiger partial charge in [0.2, 0.25) is 0 Å². The van der Waals surface area contributed by atoms with Crippen LogP contribution in [-0.2, 0) is 19.1 Å². The van der Waals surface area contributed by atoms with E-state index in [1.807, 2.05) is 0 Å². The fraction of sp³-hybridized carbons (Fsp3) is 0.885. The van der Waals surface area contributed by atoms with Crippen molar-refractivity contribution >= 4 is 17.7 Å². The Morgan fingerprint density at radius 2 is 1.69 bits per heavy atom. The number of rotatable bonds is 6. The molecule has 4 fully saturated rings. The van der Waals surface area contributed by atoms with Crippen molar-refractivity contribution in [2.45, 2.75) is 104 Å². The molecule has 4 unspecified atom stereocenters. The van der Waals surface area contributed by atoms with Crippen molar-refractivity contribution in [1.29, 1.82) is 0 Å². The molecule has 0 saturated heterocycles. The fourth-order valence-electron chi connectivity index (χ4n) is 8.64. The van der Waals surface area contributed by atoms with Crippen molar-refractivity contribution in [3.05, 3.63) is 0 Å². The first-order valence-corrected chi connectivity index (χ1v) is 12.7. The van der Waals surface area contributed by atoms with Crippen LogP contribution < -0.4 is 5.73 Å². The number of carbonyl (C=O) groups is 3. The minimum absolute atomic E-state index is 0.101. The van der Waals surface area contributed by atoms with E-state index in [9.17, 15) is 14.4 Å². The number of ether oxygens (including phenoxy) is 1. The SMILES string of the molecule is CC(=O)C1CCC2C3CC[C@@H]4C[C@H](OC(=O)[C@H](N)CCC(=O)O)CC[C@]4(C)C3CC[C@]12C. The molecule has 9 atom stereocenters. The van der Waals surface area contributed by atoms with Crippen molar-refractivity contribution in [1.82, 2.24) is 0 Å². The minimum Gasteiger partial charge on any atom is -0.481 e. The zero-order valence-corrected chi connectivity index (χ0v) is 20.0. The summed E-state index contributed by atoms with van der Waals surface area (Å²) >= 11 is 0. The van der Waals surface area contributed by atoms with Crippen LogP contribution >= 0.6 is 0 Å². The average molecular weight is 448 g/mol. The predicted octanol–water partition coefficient (Wildman–Crippen LogP) is 4.34. The summed E-state index contributed by atoms with van der Waals surface area (Å²) in [7, 11) is 0. The molecule has 0 spiro atoms. The van der Waals surface area contributed by atoms with E-state index < -0.39 is 18.0 Å². The van der Waals surface area contributed by atoms with Gasteiger partial charge in [-0.3, -0.25) is 14.4 Å². The molecule has 0 bridgehead atoms. The summed E-state index contributed by atoms with van der Waals surface area (Å²) in [5, 5.41) is 8.81. The lowest BCUT2D eigenvalue weighted by molar-refractivity contribution is -0.164. The van der Waals surface area contributed by atoms with Crippen LogP contribution in [0.25, 0.3) is 0 Å². The van der Waals surface area contributed by atoms with Gasteiger partial charge >= 0.3 is 11.9 Å². The Kier molecular flexibility index (Phi) is 6.47. The van der Waals surface area contributed by atoms with Crippen LogP contribution in [0.3, 0.4) is 0 Å². The van der Waals surface area contributed by atoms with E-state index in [2.05, 4.69) is 13.8 Å². The summed E-state index contributed by atoms with van der Waals surface area (Å²) in [5.41, 5.74) is 6.33. The summed E-state index contributed by atoms with van der Waals surface area (Å²) in [4.78, 5) is 35.4. The van der Waals surface area contributed by atoms with E-state index in [4.69, 9.17) is 15.6 Å². The van der Waals surface area contributed by atoms with Crippen molar-refractivity contribution < 1.29 is 24.2 Å². The first kappa shape index (κ1) is 23.7. The number of carbonyl (C=O) groups excluding carboxylic acids is 2. The van der Waals surface area contributed by atoms with Gasteiger partial charge in [-0.25, -0.2) is 0 Å². The monoisotopic (exact) mass is 447 g/mol. The van der Waals surface area contributed by atoms with E-state index in [0.717, 1.165) is 31.6 Å². The number of fused-ring (bicyclic) bond motifs is 5. The number of Topliss-reactive ketones (excluding diaryl/α,β-unsaturated/α-hetero) is 1. The highest BCUT2D eigenvalue weighted by Gasteiger charge is 2.60. The van der Waals surface area contributed by atoms with Crippen LogP contribution in [0.4, 0.5) is 0 Å². The van der Waals surface area contributed by atoms with Gasteiger partial charge in [0.15, 0.2) is 0 Å². The molecule has 0 aromatic rings. The van der Waals surface area contributed by atoms with E-state index >= 15 is 0 Å². The zero-order valence-electron chi connectivity index (χ0n) is 20.0. The Hall–Kier alpha value is -1.43.